The molecule has 1 aromatic heterocycles. The van der Waals surface area contributed by atoms with Gasteiger partial charge in [-0.05, 0) is 25.1 Å². The van der Waals surface area contributed by atoms with Crippen molar-refractivity contribution in [3.05, 3.63) is 34.4 Å². The van der Waals surface area contributed by atoms with E-state index in [0.29, 0.717) is 4.47 Å². The summed E-state index contributed by atoms with van der Waals surface area (Å²) >= 11 is 8.94. The van der Waals surface area contributed by atoms with Crippen molar-refractivity contribution in [1.29, 1.82) is 0 Å². The number of nitrogens with zero attached hydrogens (tertiary/aromatic N) is 2. The average Bonchev–Trinajstić information content (AvgIpc) is 2.66. The van der Waals surface area contributed by atoms with E-state index in [-0.39, 0.29) is 22.7 Å². The van der Waals surface area contributed by atoms with Crippen LogP contribution in [0.5, 0.6) is 0 Å². The summed E-state index contributed by atoms with van der Waals surface area (Å²) in [4.78, 5) is 0. The third kappa shape index (κ3) is 2.25. The molecule has 0 bridgehead atoms. The molecule has 16 heavy (non-hydrogen) atoms. The summed E-state index contributed by atoms with van der Waals surface area (Å²) in [5.74, 6) is -0.0155. The lowest BCUT2D eigenvalue weighted by molar-refractivity contribution is 0.502. The molecule has 0 aliphatic carbocycles. The largest absolute Gasteiger partial charge is 0.419 e. The smallest absolute Gasteiger partial charge is 0.250 e. The summed E-state index contributed by atoms with van der Waals surface area (Å²) in [6.45, 7) is 1.71. The van der Waals surface area contributed by atoms with E-state index in [4.69, 9.17) is 16.0 Å². The van der Waals surface area contributed by atoms with Gasteiger partial charge < -0.3 is 4.42 Å². The highest BCUT2D eigenvalue weighted by Crippen LogP contribution is 2.27. The minimum Gasteiger partial charge on any atom is -0.419 e. The van der Waals surface area contributed by atoms with Crippen LogP contribution >= 0.6 is 27.5 Å². The minimum atomic E-state index is -0.424. The van der Waals surface area contributed by atoms with Gasteiger partial charge in [-0.25, -0.2) is 4.39 Å². The van der Waals surface area contributed by atoms with Crippen molar-refractivity contribution in [3.8, 4) is 11.5 Å². The van der Waals surface area contributed by atoms with Crippen LogP contribution in [0.15, 0.2) is 27.1 Å². The molecule has 0 saturated carbocycles. The Hall–Kier alpha value is -0.940. The molecular weight excluding hydrogens is 298 g/mol. The Balaban J connectivity index is 2.42. The van der Waals surface area contributed by atoms with Crippen molar-refractivity contribution < 1.29 is 8.81 Å². The number of halogens is 3. The van der Waals surface area contributed by atoms with Crippen molar-refractivity contribution in [2.75, 3.05) is 0 Å². The molecule has 0 fully saturated rings. The summed E-state index contributed by atoms with van der Waals surface area (Å²) in [6, 6.07) is 4.60. The lowest BCUT2D eigenvalue weighted by Gasteiger charge is -1.98. The maximum absolute atomic E-state index is 13.6. The highest BCUT2D eigenvalue weighted by molar-refractivity contribution is 9.10. The normalized spacial score (nSPS) is 12.8. The Morgan fingerprint density at radius 1 is 1.44 bits per heavy atom. The second kappa shape index (κ2) is 4.51. The van der Waals surface area contributed by atoms with Gasteiger partial charge in [0.05, 0.1) is 5.56 Å². The van der Waals surface area contributed by atoms with E-state index in [9.17, 15) is 4.39 Å². The molecular formula is C10H7BrClFN2O. The molecule has 1 atom stereocenters. The summed E-state index contributed by atoms with van der Waals surface area (Å²) in [6.07, 6.45) is 0. The first-order valence-electron chi connectivity index (χ1n) is 4.51. The highest BCUT2D eigenvalue weighted by atomic mass is 79.9. The van der Waals surface area contributed by atoms with Gasteiger partial charge in [-0.2, -0.15) is 0 Å². The molecule has 3 nitrogen and oxygen atoms in total. The summed E-state index contributed by atoms with van der Waals surface area (Å²) in [5, 5.41) is 7.08. The molecule has 84 valence electrons. The van der Waals surface area contributed by atoms with Crippen LogP contribution in [0, 0.1) is 5.82 Å². The first kappa shape index (κ1) is 11.5. The molecule has 0 N–H and O–H groups in total. The second-order valence-electron chi connectivity index (χ2n) is 3.19. The van der Waals surface area contributed by atoms with Crippen LogP contribution in [-0.2, 0) is 0 Å². The maximum atomic E-state index is 13.6. The van der Waals surface area contributed by atoms with Gasteiger partial charge in [-0.1, -0.05) is 15.9 Å². The number of hydrogen-bond acceptors (Lipinski definition) is 3. The summed E-state index contributed by atoms with van der Waals surface area (Å²) < 4.78 is 19.5. The first-order valence-corrected chi connectivity index (χ1v) is 5.74. The van der Waals surface area contributed by atoms with Gasteiger partial charge in [0.1, 0.15) is 11.2 Å². The van der Waals surface area contributed by atoms with Crippen LogP contribution in [0.1, 0.15) is 18.2 Å². The number of benzene rings is 1. The van der Waals surface area contributed by atoms with E-state index in [2.05, 4.69) is 26.1 Å². The van der Waals surface area contributed by atoms with Gasteiger partial charge in [0, 0.05) is 4.47 Å². The van der Waals surface area contributed by atoms with E-state index in [0.717, 1.165) is 0 Å². The fourth-order valence-electron chi connectivity index (χ4n) is 1.17. The van der Waals surface area contributed by atoms with Crippen molar-refractivity contribution in [2.45, 2.75) is 12.3 Å². The van der Waals surface area contributed by atoms with Crippen molar-refractivity contribution in [3.63, 3.8) is 0 Å². The summed E-state index contributed by atoms with van der Waals surface area (Å²) in [7, 11) is 0. The Bertz CT molecular complexity index is 515. The molecule has 6 heteroatoms. The Morgan fingerprint density at radius 2 is 2.19 bits per heavy atom. The molecule has 1 unspecified atom stereocenters. The van der Waals surface area contributed by atoms with E-state index in [1.807, 2.05) is 0 Å². The van der Waals surface area contributed by atoms with Crippen molar-refractivity contribution >= 4 is 27.5 Å². The molecule has 0 radical (unpaired) electrons. The van der Waals surface area contributed by atoms with Crippen molar-refractivity contribution in [2.24, 2.45) is 0 Å². The topological polar surface area (TPSA) is 38.9 Å². The van der Waals surface area contributed by atoms with Crippen LogP contribution in [0.4, 0.5) is 4.39 Å². The minimum absolute atomic E-state index is 0.132. The molecule has 0 aliphatic heterocycles. The fraction of sp³-hybridized carbons (Fsp3) is 0.200. The zero-order valence-corrected chi connectivity index (χ0v) is 10.6. The highest BCUT2D eigenvalue weighted by Gasteiger charge is 2.15. The van der Waals surface area contributed by atoms with Crippen LogP contribution in [-0.4, -0.2) is 10.2 Å². The zero-order chi connectivity index (χ0) is 11.7. The standard InChI is InChI=1S/C10H7BrClFN2O/c1-5(12)9-14-15-10(16-9)7-3-2-6(11)4-8(7)13/h2-5H,1H3. The average molecular weight is 306 g/mol. The maximum Gasteiger partial charge on any atom is 0.250 e. The van der Waals surface area contributed by atoms with Gasteiger partial charge in [-0.15, -0.1) is 21.8 Å². The number of aromatic nitrogens is 2. The zero-order valence-electron chi connectivity index (χ0n) is 8.25. The van der Waals surface area contributed by atoms with Gasteiger partial charge in [0.25, 0.3) is 5.89 Å². The molecule has 1 heterocycles. The van der Waals surface area contributed by atoms with Crippen LogP contribution in [0.25, 0.3) is 11.5 Å². The van der Waals surface area contributed by atoms with Crippen molar-refractivity contribution in [1.82, 2.24) is 10.2 Å². The number of alkyl halides is 1. The Kier molecular flexibility index (Phi) is 3.25. The molecule has 0 saturated heterocycles. The number of hydrogen-bond donors (Lipinski definition) is 0. The van der Waals surface area contributed by atoms with Gasteiger partial charge >= 0.3 is 0 Å². The molecule has 0 spiro atoms. The molecule has 2 aromatic rings. The van der Waals surface area contributed by atoms with Crippen LogP contribution in [0.2, 0.25) is 0 Å². The predicted octanol–water partition coefficient (Wildman–Crippen LogP) is 3.94. The first-order chi connectivity index (χ1) is 7.58. The molecule has 0 aliphatic rings. The fourth-order valence-corrected chi connectivity index (χ4v) is 1.59. The Morgan fingerprint density at radius 3 is 2.75 bits per heavy atom. The monoisotopic (exact) mass is 304 g/mol. The lowest BCUT2D eigenvalue weighted by atomic mass is 10.2. The molecule has 0 amide bonds. The predicted molar refractivity (Wildman–Crippen MR) is 61.7 cm³/mol. The molecule has 1 aromatic carbocycles. The van der Waals surface area contributed by atoms with E-state index < -0.39 is 5.82 Å². The van der Waals surface area contributed by atoms with E-state index >= 15 is 0 Å². The second-order valence-corrected chi connectivity index (χ2v) is 4.76. The molecule has 2 rings (SSSR count). The van der Waals surface area contributed by atoms with E-state index in [1.165, 1.54) is 6.07 Å². The SMILES string of the molecule is CC(Cl)c1nnc(-c2ccc(Br)cc2F)o1. The Labute approximate surface area is 105 Å². The van der Waals surface area contributed by atoms with Crippen LogP contribution < -0.4 is 0 Å². The van der Waals surface area contributed by atoms with E-state index in [1.54, 1.807) is 19.1 Å². The summed E-state index contributed by atoms with van der Waals surface area (Å²) in [5.41, 5.74) is 0.263. The van der Waals surface area contributed by atoms with Crippen LogP contribution in [0.3, 0.4) is 0 Å². The lowest BCUT2D eigenvalue weighted by Crippen LogP contribution is -1.84. The third-order valence-electron chi connectivity index (χ3n) is 1.94. The van der Waals surface area contributed by atoms with Gasteiger partial charge in [0.15, 0.2) is 0 Å². The quantitative estimate of drug-likeness (QED) is 0.789. The number of rotatable bonds is 2. The van der Waals surface area contributed by atoms with Gasteiger partial charge in [0.2, 0.25) is 5.89 Å². The van der Waals surface area contributed by atoms with Gasteiger partial charge in [-0.3, -0.25) is 0 Å². The third-order valence-corrected chi connectivity index (χ3v) is 2.62.